The molecule has 0 aromatic carbocycles. The topological polar surface area (TPSA) is 3.24 Å². The van der Waals surface area contributed by atoms with Crippen molar-refractivity contribution in [2.24, 2.45) is 0 Å². The predicted molar refractivity (Wildman–Crippen MR) is 46.5 cm³/mol. The van der Waals surface area contributed by atoms with Gasteiger partial charge in [0.1, 0.15) is 0 Å². The molecule has 58 valence electrons. The second-order valence-corrected chi connectivity index (χ2v) is 3.97. The van der Waals surface area contributed by atoms with Crippen molar-refractivity contribution >= 4 is 20.1 Å². The van der Waals surface area contributed by atoms with Crippen LogP contribution in [0.25, 0.3) is 0 Å². The second kappa shape index (κ2) is 4.15. The number of likely N-dealkylation sites (tertiary alicyclic amines) is 1. The Balaban J connectivity index is 2.35. The first-order chi connectivity index (χ1) is 4.80. The van der Waals surface area contributed by atoms with Gasteiger partial charge in [-0.05, 0) is 0 Å². The van der Waals surface area contributed by atoms with Gasteiger partial charge in [0, 0.05) is 0 Å². The Morgan fingerprint density at radius 3 is 2.70 bits per heavy atom. The molecule has 0 amide bonds. The molecule has 0 N–H and O–H groups in total. The van der Waals surface area contributed by atoms with Gasteiger partial charge in [-0.3, -0.25) is 0 Å². The van der Waals surface area contributed by atoms with E-state index >= 15 is 0 Å². The van der Waals surface area contributed by atoms with Crippen LogP contribution in [0.5, 0.6) is 0 Å². The Bertz CT molecular complexity index is 122. The van der Waals surface area contributed by atoms with Crippen LogP contribution in [-0.2, 0) is 0 Å². The molecule has 10 heavy (non-hydrogen) atoms. The molecule has 0 atom stereocenters. The Kier molecular flexibility index (Phi) is 3.44. The van der Waals surface area contributed by atoms with E-state index in [1.165, 1.54) is 43.2 Å². The van der Waals surface area contributed by atoms with Crippen molar-refractivity contribution in [2.75, 3.05) is 13.6 Å². The Morgan fingerprint density at radius 1 is 1.20 bits per heavy atom. The zero-order chi connectivity index (χ0) is 7.40. The molecule has 2 heteroatoms. The summed E-state index contributed by atoms with van der Waals surface area (Å²) in [7, 11) is 2.18. The van der Waals surface area contributed by atoms with Gasteiger partial charge in [0.15, 0.2) is 0 Å². The third kappa shape index (κ3) is 2.43. The Hall–Kier alpha value is 0.189. The van der Waals surface area contributed by atoms with E-state index in [0.29, 0.717) is 0 Å². The van der Waals surface area contributed by atoms with Crippen LogP contribution in [0.3, 0.4) is 0 Å². The third-order valence-electron chi connectivity index (χ3n) is 2.06. The zero-order valence-corrected chi connectivity index (χ0v) is 8.31. The quantitative estimate of drug-likeness (QED) is 0.535. The summed E-state index contributed by atoms with van der Waals surface area (Å²) in [5.41, 5.74) is 0. The van der Waals surface area contributed by atoms with E-state index < -0.39 is 0 Å². The molecule has 1 heterocycles. The Morgan fingerprint density at radius 2 is 1.90 bits per heavy atom. The maximum atomic E-state index is 3.14. The number of hydrogen-bond donors (Lipinski definition) is 0. The van der Waals surface area contributed by atoms with E-state index in [-0.39, 0.29) is 0 Å². The van der Waals surface area contributed by atoms with Crippen LogP contribution in [-0.4, -0.2) is 38.6 Å². The molecule has 0 radical (unpaired) electrons. The summed E-state index contributed by atoms with van der Waals surface area (Å²) in [6.45, 7) is 1.24. The normalized spacial score (nSPS) is 22.1. The van der Waals surface area contributed by atoms with Crippen molar-refractivity contribution in [3.8, 4) is 0 Å². The zero-order valence-electron chi connectivity index (χ0n) is 6.60. The van der Waals surface area contributed by atoms with Crippen LogP contribution in [0.4, 0.5) is 0 Å². The fraction of sp³-hybridized carbons (Fsp3) is 0.875. The fourth-order valence-corrected chi connectivity index (χ4v) is 1.79. The van der Waals surface area contributed by atoms with Gasteiger partial charge < -0.3 is 0 Å². The first kappa shape index (κ1) is 8.29. The van der Waals surface area contributed by atoms with Gasteiger partial charge in [0.05, 0.1) is 0 Å². The van der Waals surface area contributed by atoms with Gasteiger partial charge in [-0.25, -0.2) is 0 Å². The standard InChI is InChI=1S/C8H15NSe/c1-9-7-5-3-2-4-6-8(9)10/h2-7H2,1H3. The van der Waals surface area contributed by atoms with E-state index in [1.54, 1.807) is 0 Å². The molecule has 1 saturated heterocycles. The number of nitrogens with zero attached hydrogens (tertiary/aromatic N) is 1. The van der Waals surface area contributed by atoms with E-state index in [0.717, 1.165) is 0 Å². The second-order valence-electron chi connectivity index (χ2n) is 2.98. The van der Waals surface area contributed by atoms with Crippen LogP contribution >= 0.6 is 0 Å². The van der Waals surface area contributed by atoms with Gasteiger partial charge in [-0.2, -0.15) is 0 Å². The van der Waals surface area contributed by atoms with Crippen molar-refractivity contribution in [1.82, 2.24) is 4.90 Å². The molecule has 0 saturated carbocycles. The van der Waals surface area contributed by atoms with Crippen molar-refractivity contribution in [2.45, 2.75) is 32.1 Å². The summed E-state index contributed by atoms with van der Waals surface area (Å²) in [6.07, 6.45) is 6.82. The average Bonchev–Trinajstić information content (AvgIpc) is 1.92. The molecule has 0 bridgehead atoms. The maximum absolute atomic E-state index is 3.14. The molecule has 0 aromatic heterocycles. The summed E-state index contributed by atoms with van der Waals surface area (Å²) >= 11 is 3.14. The molecular formula is C8H15NSe. The molecular weight excluding hydrogens is 189 g/mol. The monoisotopic (exact) mass is 205 g/mol. The first-order valence-corrected chi connectivity index (χ1v) is 4.90. The van der Waals surface area contributed by atoms with Crippen LogP contribution in [0, 0.1) is 0 Å². The van der Waals surface area contributed by atoms with Crippen molar-refractivity contribution < 1.29 is 0 Å². The van der Waals surface area contributed by atoms with E-state index in [2.05, 4.69) is 27.5 Å². The summed E-state index contributed by atoms with van der Waals surface area (Å²) < 4.78 is 1.44. The minimum atomic E-state index is 1.24. The first-order valence-electron chi connectivity index (χ1n) is 4.04. The van der Waals surface area contributed by atoms with Crippen LogP contribution < -0.4 is 0 Å². The average molecular weight is 204 g/mol. The van der Waals surface area contributed by atoms with E-state index in [4.69, 9.17) is 0 Å². The minimum absolute atomic E-state index is 1.24. The van der Waals surface area contributed by atoms with Crippen LogP contribution in [0.2, 0.25) is 0 Å². The third-order valence-corrected chi connectivity index (χ3v) is 3.14. The van der Waals surface area contributed by atoms with Gasteiger partial charge >= 0.3 is 70.7 Å². The molecule has 0 aliphatic carbocycles. The van der Waals surface area contributed by atoms with Gasteiger partial charge in [0.2, 0.25) is 0 Å². The van der Waals surface area contributed by atoms with Gasteiger partial charge in [-0.1, -0.05) is 0 Å². The predicted octanol–water partition coefficient (Wildman–Crippen LogP) is 1.18. The van der Waals surface area contributed by atoms with Crippen molar-refractivity contribution in [1.29, 1.82) is 0 Å². The summed E-state index contributed by atoms with van der Waals surface area (Å²) in [4.78, 5) is 2.35. The SMILES string of the molecule is CN1CCCCCCC1=[Se]. The molecule has 1 fully saturated rings. The van der Waals surface area contributed by atoms with Crippen molar-refractivity contribution in [3.63, 3.8) is 0 Å². The molecule has 1 aliphatic heterocycles. The molecule has 1 rings (SSSR count). The number of hydrogen-bond acceptors (Lipinski definition) is 1. The summed E-state index contributed by atoms with van der Waals surface area (Å²) in [5, 5.41) is 0. The van der Waals surface area contributed by atoms with E-state index in [9.17, 15) is 0 Å². The Labute approximate surface area is 71.1 Å². The fourth-order valence-electron chi connectivity index (χ4n) is 1.29. The molecule has 0 spiro atoms. The van der Waals surface area contributed by atoms with Gasteiger partial charge in [0.25, 0.3) is 0 Å². The molecule has 0 unspecified atom stereocenters. The molecule has 1 nitrogen and oxygen atoms in total. The number of rotatable bonds is 0. The summed E-state index contributed by atoms with van der Waals surface area (Å²) in [5.74, 6) is 0. The van der Waals surface area contributed by atoms with Crippen LogP contribution in [0.15, 0.2) is 0 Å². The van der Waals surface area contributed by atoms with Crippen LogP contribution in [0.1, 0.15) is 32.1 Å². The molecule has 0 aromatic rings. The van der Waals surface area contributed by atoms with Gasteiger partial charge in [-0.15, -0.1) is 0 Å². The summed E-state index contributed by atoms with van der Waals surface area (Å²) in [6, 6.07) is 0. The molecule has 1 aliphatic rings. The van der Waals surface area contributed by atoms with E-state index in [1.807, 2.05) is 0 Å². The van der Waals surface area contributed by atoms with Crippen molar-refractivity contribution in [3.05, 3.63) is 0 Å².